The van der Waals surface area contributed by atoms with Crippen molar-refractivity contribution in [2.45, 2.75) is 37.7 Å². The summed E-state index contributed by atoms with van der Waals surface area (Å²) < 4.78 is 5.57. The van der Waals surface area contributed by atoms with Gasteiger partial charge in [0.15, 0.2) is 0 Å². The van der Waals surface area contributed by atoms with Crippen LogP contribution in [0.2, 0.25) is 0 Å². The fourth-order valence-electron chi connectivity index (χ4n) is 1.94. The van der Waals surface area contributed by atoms with Gasteiger partial charge < -0.3 is 4.74 Å². The summed E-state index contributed by atoms with van der Waals surface area (Å²) >= 11 is 6.33. The first-order valence-corrected chi connectivity index (χ1v) is 5.87. The van der Waals surface area contributed by atoms with Gasteiger partial charge in [-0.05, 0) is 31.4 Å². The van der Waals surface area contributed by atoms with Gasteiger partial charge in [-0.3, -0.25) is 4.98 Å². The highest BCUT2D eigenvalue weighted by atomic mass is 35.5. The first-order valence-electron chi connectivity index (χ1n) is 5.43. The predicted octanol–water partition coefficient (Wildman–Crippen LogP) is 2.72. The molecule has 2 heterocycles. The Hall–Kier alpha value is -0.600. The fraction of sp³-hybridized carbons (Fsp3) is 0.583. The number of halogens is 1. The van der Waals surface area contributed by atoms with Crippen molar-refractivity contribution in [2.24, 2.45) is 0 Å². The molecule has 1 aliphatic rings. The summed E-state index contributed by atoms with van der Waals surface area (Å²) in [4.78, 5) is 4.35. The standard InChI is InChI=1S/C12H16ClNO/c1-9-4-2-6-14-11(9)8-10(13)12-5-3-7-15-12/h2,4,6,10,12H,3,5,7-8H2,1H3. The molecule has 1 fully saturated rings. The number of alkyl halides is 1. The van der Waals surface area contributed by atoms with Crippen molar-refractivity contribution < 1.29 is 4.74 Å². The van der Waals surface area contributed by atoms with Crippen LogP contribution in [0.15, 0.2) is 18.3 Å². The minimum absolute atomic E-state index is 0.0566. The predicted molar refractivity (Wildman–Crippen MR) is 61.3 cm³/mol. The molecule has 0 N–H and O–H groups in total. The van der Waals surface area contributed by atoms with E-state index in [1.165, 1.54) is 5.56 Å². The molecule has 2 rings (SSSR count). The highest BCUT2D eigenvalue weighted by molar-refractivity contribution is 6.21. The quantitative estimate of drug-likeness (QED) is 0.738. The molecule has 1 aliphatic heterocycles. The lowest BCUT2D eigenvalue weighted by atomic mass is 10.1. The van der Waals surface area contributed by atoms with Crippen molar-refractivity contribution in [3.05, 3.63) is 29.6 Å². The van der Waals surface area contributed by atoms with E-state index < -0.39 is 0 Å². The number of pyridine rings is 1. The number of hydrogen-bond acceptors (Lipinski definition) is 2. The van der Waals surface area contributed by atoms with E-state index in [9.17, 15) is 0 Å². The lowest BCUT2D eigenvalue weighted by Gasteiger charge is -2.16. The van der Waals surface area contributed by atoms with Crippen LogP contribution in [0, 0.1) is 6.92 Å². The SMILES string of the molecule is Cc1cccnc1CC(Cl)C1CCCO1. The zero-order valence-corrected chi connectivity index (χ0v) is 9.70. The normalized spacial score (nSPS) is 22.9. The minimum atomic E-state index is 0.0566. The Morgan fingerprint density at radius 1 is 1.67 bits per heavy atom. The number of rotatable bonds is 3. The van der Waals surface area contributed by atoms with Crippen molar-refractivity contribution in [1.82, 2.24) is 4.98 Å². The first kappa shape index (κ1) is 10.9. The zero-order chi connectivity index (χ0) is 10.7. The van der Waals surface area contributed by atoms with Gasteiger partial charge >= 0.3 is 0 Å². The highest BCUT2D eigenvalue weighted by Gasteiger charge is 2.24. The molecule has 2 unspecified atom stereocenters. The van der Waals surface area contributed by atoms with Gasteiger partial charge in [0.1, 0.15) is 0 Å². The molecule has 1 aromatic rings. The number of hydrogen-bond donors (Lipinski definition) is 0. The van der Waals surface area contributed by atoms with E-state index in [1.54, 1.807) is 0 Å². The summed E-state index contributed by atoms with van der Waals surface area (Å²) in [6.45, 7) is 2.93. The van der Waals surface area contributed by atoms with Gasteiger partial charge in [-0.1, -0.05) is 6.07 Å². The molecule has 0 aromatic carbocycles. The Morgan fingerprint density at radius 2 is 2.53 bits per heavy atom. The van der Waals surface area contributed by atoms with Crippen LogP contribution in [0.4, 0.5) is 0 Å². The molecule has 3 heteroatoms. The molecule has 2 nitrogen and oxygen atoms in total. The average Bonchev–Trinajstić information content (AvgIpc) is 2.74. The summed E-state index contributed by atoms with van der Waals surface area (Å²) in [5.41, 5.74) is 2.30. The lowest BCUT2D eigenvalue weighted by Crippen LogP contribution is -2.22. The van der Waals surface area contributed by atoms with Crippen LogP contribution in [-0.4, -0.2) is 23.1 Å². The monoisotopic (exact) mass is 225 g/mol. The molecule has 1 saturated heterocycles. The molecule has 0 aliphatic carbocycles. The molecule has 0 saturated carbocycles. The van der Waals surface area contributed by atoms with Gasteiger partial charge in [0, 0.05) is 24.9 Å². The molecule has 2 atom stereocenters. The average molecular weight is 226 g/mol. The van der Waals surface area contributed by atoms with Crippen LogP contribution >= 0.6 is 11.6 Å². The smallest absolute Gasteiger partial charge is 0.0743 e. The largest absolute Gasteiger partial charge is 0.377 e. The summed E-state index contributed by atoms with van der Waals surface area (Å²) in [5.74, 6) is 0. The number of ether oxygens (including phenoxy) is 1. The Bertz CT molecular complexity index is 323. The first-order chi connectivity index (χ1) is 7.27. The van der Waals surface area contributed by atoms with Gasteiger partial charge in [-0.15, -0.1) is 11.6 Å². The Labute approximate surface area is 95.6 Å². The van der Waals surface area contributed by atoms with E-state index in [0.717, 1.165) is 31.6 Å². The molecular weight excluding hydrogens is 210 g/mol. The summed E-state index contributed by atoms with van der Waals surface area (Å²) in [5, 5.41) is 0.0566. The molecular formula is C12H16ClNO. The van der Waals surface area contributed by atoms with E-state index in [4.69, 9.17) is 16.3 Å². The van der Waals surface area contributed by atoms with Crippen molar-refractivity contribution in [1.29, 1.82) is 0 Å². The fourth-order valence-corrected chi connectivity index (χ4v) is 2.28. The maximum atomic E-state index is 6.33. The van der Waals surface area contributed by atoms with Crippen LogP contribution in [0.25, 0.3) is 0 Å². The molecule has 82 valence electrons. The number of aryl methyl sites for hydroxylation is 1. The highest BCUT2D eigenvalue weighted by Crippen LogP contribution is 2.22. The summed E-state index contributed by atoms with van der Waals surface area (Å²) in [6, 6.07) is 4.02. The van der Waals surface area contributed by atoms with Crippen LogP contribution in [0.1, 0.15) is 24.1 Å². The van der Waals surface area contributed by atoms with Crippen LogP contribution in [0.3, 0.4) is 0 Å². The Balaban J connectivity index is 1.99. The lowest BCUT2D eigenvalue weighted by molar-refractivity contribution is 0.107. The molecule has 0 spiro atoms. The van der Waals surface area contributed by atoms with Crippen molar-refractivity contribution in [3.8, 4) is 0 Å². The maximum absolute atomic E-state index is 6.33. The topological polar surface area (TPSA) is 22.1 Å². The molecule has 15 heavy (non-hydrogen) atoms. The third-order valence-electron chi connectivity index (χ3n) is 2.87. The van der Waals surface area contributed by atoms with Crippen molar-refractivity contribution in [3.63, 3.8) is 0 Å². The summed E-state index contributed by atoms with van der Waals surface area (Å²) in [6.07, 6.45) is 5.06. The number of nitrogens with zero attached hydrogens (tertiary/aromatic N) is 1. The van der Waals surface area contributed by atoms with E-state index >= 15 is 0 Å². The Kier molecular flexibility index (Phi) is 3.60. The minimum Gasteiger partial charge on any atom is -0.377 e. The number of aromatic nitrogens is 1. The van der Waals surface area contributed by atoms with E-state index in [2.05, 4.69) is 18.0 Å². The van der Waals surface area contributed by atoms with Crippen LogP contribution < -0.4 is 0 Å². The second kappa shape index (κ2) is 4.95. The third kappa shape index (κ3) is 2.70. The zero-order valence-electron chi connectivity index (χ0n) is 8.95. The van der Waals surface area contributed by atoms with E-state index in [1.807, 2.05) is 12.3 Å². The molecule has 0 bridgehead atoms. The van der Waals surface area contributed by atoms with Gasteiger partial charge in [0.2, 0.25) is 0 Å². The molecule has 0 radical (unpaired) electrons. The Morgan fingerprint density at radius 3 is 3.20 bits per heavy atom. The van der Waals surface area contributed by atoms with E-state index in [0.29, 0.717) is 0 Å². The van der Waals surface area contributed by atoms with Gasteiger partial charge in [0.25, 0.3) is 0 Å². The summed E-state index contributed by atoms with van der Waals surface area (Å²) in [7, 11) is 0. The van der Waals surface area contributed by atoms with Crippen molar-refractivity contribution in [2.75, 3.05) is 6.61 Å². The van der Waals surface area contributed by atoms with Gasteiger partial charge in [0.05, 0.1) is 11.5 Å². The molecule has 0 amide bonds. The van der Waals surface area contributed by atoms with E-state index in [-0.39, 0.29) is 11.5 Å². The van der Waals surface area contributed by atoms with Crippen LogP contribution in [-0.2, 0) is 11.2 Å². The second-order valence-electron chi connectivity index (χ2n) is 4.04. The molecule has 1 aromatic heterocycles. The van der Waals surface area contributed by atoms with Gasteiger partial charge in [-0.2, -0.15) is 0 Å². The third-order valence-corrected chi connectivity index (χ3v) is 3.31. The van der Waals surface area contributed by atoms with Crippen LogP contribution in [0.5, 0.6) is 0 Å². The maximum Gasteiger partial charge on any atom is 0.0743 e. The van der Waals surface area contributed by atoms with Crippen molar-refractivity contribution >= 4 is 11.6 Å². The van der Waals surface area contributed by atoms with Gasteiger partial charge in [-0.25, -0.2) is 0 Å². The second-order valence-corrected chi connectivity index (χ2v) is 4.60.